The number of nitrogens with one attached hydrogen (secondary N) is 2. The average molecular weight is 241 g/mol. The Labute approximate surface area is 101 Å². The molecule has 1 fully saturated rings. The van der Waals surface area contributed by atoms with Crippen LogP contribution in [0.1, 0.15) is 25.7 Å². The Kier molecular flexibility index (Phi) is 6.27. The highest BCUT2D eigenvalue weighted by molar-refractivity contribution is 7.99. The van der Waals surface area contributed by atoms with Gasteiger partial charge in [0.2, 0.25) is 5.91 Å². The predicted octanol–water partition coefficient (Wildman–Crippen LogP) is 0.890. The highest BCUT2D eigenvalue weighted by Gasteiger charge is 2.21. The van der Waals surface area contributed by atoms with Crippen LogP contribution in [0.4, 0.5) is 0 Å². The summed E-state index contributed by atoms with van der Waals surface area (Å²) in [6.45, 7) is 0.423. The zero-order valence-corrected chi connectivity index (χ0v) is 10.5. The molecule has 1 saturated carbocycles. The minimum atomic E-state index is -0.0900. The zero-order valence-electron chi connectivity index (χ0n) is 9.66. The van der Waals surface area contributed by atoms with Crippen LogP contribution in [0.15, 0.2) is 0 Å². The lowest BCUT2D eigenvalue weighted by Crippen LogP contribution is -2.41. The molecule has 0 spiro atoms. The number of nitriles is 1. The molecule has 0 saturated heterocycles. The molecule has 16 heavy (non-hydrogen) atoms. The Hall–Kier alpha value is -0.730. The number of rotatable bonds is 5. The van der Waals surface area contributed by atoms with Gasteiger partial charge in [0.05, 0.1) is 12.6 Å². The van der Waals surface area contributed by atoms with Gasteiger partial charge in [-0.25, -0.2) is 0 Å². The second-order valence-corrected chi connectivity index (χ2v) is 5.18. The lowest BCUT2D eigenvalue weighted by molar-refractivity contribution is -0.120. The van der Waals surface area contributed by atoms with E-state index in [1.54, 1.807) is 0 Å². The van der Waals surface area contributed by atoms with Crippen LogP contribution < -0.4 is 10.6 Å². The molecule has 1 amide bonds. The normalized spacial score (nSPS) is 24.8. The number of hydrogen-bond donors (Lipinski definition) is 2. The van der Waals surface area contributed by atoms with Crippen molar-refractivity contribution in [2.45, 2.75) is 37.0 Å². The summed E-state index contributed by atoms with van der Waals surface area (Å²) in [6, 6.07) is 2.35. The summed E-state index contributed by atoms with van der Waals surface area (Å²) in [6.07, 6.45) is 6.98. The number of hydrogen-bond acceptors (Lipinski definition) is 4. The standard InChI is InChI=1S/C11H19N3OS/c1-16-10-4-2-3-9(7-10)14-8-11(15)13-6-5-12/h9-10,14H,2-4,6-8H2,1H3,(H,13,15). The molecule has 4 nitrogen and oxygen atoms in total. The third-order valence-corrected chi connectivity index (χ3v) is 3.97. The van der Waals surface area contributed by atoms with Crippen LogP contribution in [0.25, 0.3) is 0 Å². The van der Waals surface area contributed by atoms with Crippen molar-refractivity contribution in [3.63, 3.8) is 0 Å². The second kappa shape index (κ2) is 7.53. The maximum Gasteiger partial charge on any atom is 0.234 e. The summed E-state index contributed by atoms with van der Waals surface area (Å²) >= 11 is 1.91. The van der Waals surface area contributed by atoms with Crippen LogP contribution in [0.3, 0.4) is 0 Å². The van der Waals surface area contributed by atoms with Gasteiger partial charge < -0.3 is 10.6 Å². The Morgan fingerprint density at radius 1 is 1.56 bits per heavy atom. The number of nitrogens with zero attached hydrogens (tertiary/aromatic N) is 1. The van der Waals surface area contributed by atoms with Gasteiger partial charge in [-0.3, -0.25) is 4.79 Å². The SMILES string of the molecule is CSC1CCCC(NCC(=O)NCC#N)C1. The summed E-state index contributed by atoms with van der Waals surface area (Å²) in [5.41, 5.74) is 0. The lowest BCUT2D eigenvalue weighted by atomic mass is 9.95. The smallest absolute Gasteiger partial charge is 0.234 e. The second-order valence-electron chi connectivity index (χ2n) is 4.04. The first-order valence-electron chi connectivity index (χ1n) is 5.66. The summed E-state index contributed by atoms with van der Waals surface area (Å²) < 4.78 is 0. The number of carbonyl (C=O) groups excluding carboxylic acids is 1. The van der Waals surface area contributed by atoms with Crippen molar-refractivity contribution in [2.75, 3.05) is 19.3 Å². The van der Waals surface area contributed by atoms with Crippen molar-refractivity contribution in [1.82, 2.24) is 10.6 Å². The fourth-order valence-electron chi connectivity index (χ4n) is 1.98. The van der Waals surface area contributed by atoms with E-state index in [0.29, 0.717) is 12.6 Å². The van der Waals surface area contributed by atoms with E-state index in [0.717, 1.165) is 18.1 Å². The van der Waals surface area contributed by atoms with Gasteiger partial charge >= 0.3 is 0 Å². The summed E-state index contributed by atoms with van der Waals surface area (Å²) in [5.74, 6) is -0.0900. The summed E-state index contributed by atoms with van der Waals surface area (Å²) in [5, 5.41) is 14.8. The first-order chi connectivity index (χ1) is 7.76. The van der Waals surface area contributed by atoms with E-state index in [-0.39, 0.29) is 12.5 Å². The third kappa shape index (κ3) is 4.86. The molecule has 2 unspecified atom stereocenters. The molecular formula is C11H19N3OS. The topological polar surface area (TPSA) is 64.9 Å². The van der Waals surface area contributed by atoms with E-state index in [9.17, 15) is 4.79 Å². The Bertz CT molecular complexity index is 264. The van der Waals surface area contributed by atoms with E-state index in [1.165, 1.54) is 12.8 Å². The van der Waals surface area contributed by atoms with E-state index in [1.807, 2.05) is 17.8 Å². The fraction of sp³-hybridized carbons (Fsp3) is 0.818. The number of amides is 1. The molecule has 0 aromatic rings. The molecule has 2 atom stereocenters. The van der Waals surface area contributed by atoms with Crippen molar-refractivity contribution in [3.8, 4) is 6.07 Å². The van der Waals surface area contributed by atoms with Crippen LogP contribution in [0.2, 0.25) is 0 Å². The van der Waals surface area contributed by atoms with Crippen LogP contribution in [0.5, 0.6) is 0 Å². The highest BCUT2D eigenvalue weighted by Crippen LogP contribution is 2.26. The van der Waals surface area contributed by atoms with Gasteiger partial charge in [-0.1, -0.05) is 6.42 Å². The lowest BCUT2D eigenvalue weighted by Gasteiger charge is -2.28. The van der Waals surface area contributed by atoms with Crippen LogP contribution in [0, 0.1) is 11.3 Å². The molecule has 2 N–H and O–H groups in total. The van der Waals surface area contributed by atoms with Crippen LogP contribution in [-0.2, 0) is 4.79 Å². The fourth-order valence-corrected chi connectivity index (χ4v) is 2.81. The third-order valence-electron chi connectivity index (χ3n) is 2.88. The molecule has 0 aromatic heterocycles. The molecule has 0 aromatic carbocycles. The molecular weight excluding hydrogens is 222 g/mol. The molecule has 0 bridgehead atoms. The summed E-state index contributed by atoms with van der Waals surface area (Å²) in [4.78, 5) is 11.3. The van der Waals surface area contributed by atoms with Gasteiger partial charge in [0.1, 0.15) is 6.54 Å². The maximum absolute atomic E-state index is 11.3. The zero-order chi connectivity index (χ0) is 11.8. The van der Waals surface area contributed by atoms with Gasteiger partial charge in [0.25, 0.3) is 0 Å². The molecule has 0 aliphatic heterocycles. The minimum Gasteiger partial charge on any atom is -0.342 e. The number of thioether (sulfide) groups is 1. The first-order valence-corrected chi connectivity index (χ1v) is 6.95. The molecule has 1 aliphatic carbocycles. The van der Waals surface area contributed by atoms with Crippen molar-refractivity contribution in [3.05, 3.63) is 0 Å². The van der Waals surface area contributed by atoms with Gasteiger partial charge in [0, 0.05) is 11.3 Å². The molecule has 0 heterocycles. The predicted molar refractivity (Wildman–Crippen MR) is 66.2 cm³/mol. The van der Waals surface area contributed by atoms with Crippen molar-refractivity contribution in [1.29, 1.82) is 5.26 Å². The molecule has 5 heteroatoms. The van der Waals surface area contributed by atoms with Gasteiger partial charge in [-0.05, 0) is 25.5 Å². The maximum atomic E-state index is 11.3. The van der Waals surface area contributed by atoms with E-state index in [4.69, 9.17) is 5.26 Å². The van der Waals surface area contributed by atoms with Crippen LogP contribution >= 0.6 is 11.8 Å². The van der Waals surface area contributed by atoms with E-state index in [2.05, 4.69) is 16.9 Å². The quantitative estimate of drug-likeness (QED) is 0.702. The van der Waals surface area contributed by atoms with Gasteiger partial charge in [-0.15, -0.1) is 0 Å². The molecule has 0 radical (unpaired) electrons. The van der Waals surface area contributed by atoms with Gasteiger partial charge in [-0.2, -0.15) is 17.0 Å². The Balaban J connectivity index is 2.17. The summed E-state index contributed by atoms with van der Waals surface area (Å²) in [7, 11) is 0. The van der Waals surface area contributed by atoms with Gasteiger partial charge in [0.15, 0.2) is 0 Å². The highest BCUT2D eigenvalue weighted by atomic mass is 32.2. The van der Waals surface area contributed by atoms with Crippen molar-refractivity contribution < 1.29 is 4.79 Å². The minimum absolute atomic E-state index is 0.0900. The van der Waals surface area contributed by atoms with Crippen LogP contribution in [-0.4, -0.2) is 36.5 Å². The van der Waals surface area contributed by atoms with E-state index >= 15 is 0 Å². The van der Waals surface area contributed by atoms with E-state index < -0.39 is 0 Å². The monoisotopic (exact) mass is 241 g/mol. The van der Waals surface area contributed by atoms with Crippen molar-refractivity contribution in [2.24, 2.45) is 0 Å². The number of carbonyl (C=O) groups is 1. The Morgan fingerprint density at radius 3 is 3.06 bits per heavy atom. The molecule has 1 rings (SSSR count). The average Bonchev–Trinajstić information content (AvgIpc) is 2.34. The van der Waals surface area contributed by atoms with Crippen molar-refractivity contribution >= 4 is 17.7 Å². The molecule has 90 valence electrons. The largest absolute Gasteiger partial charge is 0.342 e. The Morgan fingerprint density at radius 2 is 2.38 bits per heavy atom. The first kappa shape index (κ1) is 13.3. The molecule has 1 aliphatic rings.